The minimum atomic E-state index is -3.26. The first-order valence-corrected chi connectivity index (χ1v) is 11.7. The second-order valence-corrected chi connectivity index (χ2v) is 9.71. The Morgan fingerprint density at radius 1 is 1.20 bits per heavy atom. The van der Waals surface area contributed by atoms with E-state index in [1.54, 1.807) is 18.2 Å². The van der Waals surface area contributed by atoms with Crippen LogP contribution in [0.3, 0.4) is 0 Å². The number of aromatic amines is 1. The molecule has 8 heteroatoms. The summed E-state index contributed by atoms with van der Waals surface area (Å²) >= 11 is 0. The van der Waals surface area contributed by atoms with Crippen LogP contribution < -0.4 is 5.32 Å². The van der Waals surface area contributed by atoms with Gasteiger partial charge in [0.1, 0.15) is 5.65 Å². The maximum absolute atomic E-state index is 11.8. The number of benzene rings is 1. The number of nitrogens with one attached hydrogen (secondary N) is 2. The molecule has 2 aromatic heterocycles. The van der Waals surface area contributed by atoms with Gasteiger partial charge in [0.2, 0.25) is 0 Å². The number of nitrogens with zero attached hydrogens (tertiary/aromatic N) is 1. The molecule has 156 valence electrons. The number of pyridine rings is 1. The van der Waals surface area contributed by atoms with Crippen molar-refractivity contribution in [3.63, 3.8) is 0 Å². The summed E-state index contributed by atoms with van der Waals surface area (Å²) in [5.41, 5.74) is 3.84. The third-order valence-electron chi connectivity index (χ3n) is 5.41. The molecule has 1 aliphatic rings. The molecular weight excluding hydrogens is 402 g/mol. The fourth-order valence-corrected chi connectivity index (χ4v) is 4.57. The van der Waals surface area contributed by atoms with Crippen LogP contribution in [-0.2, 0) is 9.84 Å². The molecule has 1 fully saturated rings. The lowest BCUT2D eigenvalue weighted by Crippen LogP contribution is -2.07. The summed E-state index contributed by atoms with van der Waals surface area (Å²) < 4.78 is 23.6. The highest BCUT2D eigenvalue weighted by molar-refractivity contribution is 7.90. The van der Waals surface area contributed by atoms with Crippen molar-refractivity contribution in [1.82, 2.24) is 9.97 Å². The zero-order valence-corrected chi connectivity index (χ0v) is 17.4. The molecule has 30 heavy (non-hydrogen) atoms. The monoisotopic (exact) mass is 425 g/mol. The number of H-pyrrole nitrogens is 1. The average molecular weight is 426 g/mol. The highest BCUT2D eigenvalue weighted by Gasteiger charge is 2.17. The van der Waals surface area contributed by atoms with Crippen molar-refractivity contribution < 1.29 is 18.3 Å². The largest absolute Gasteiger partial charge is 0.465 e. The Kier molecular flexibility index (Phi) is 5.34. The number of anilines is 1. The molecule has 3 N–H and O–H groups in total. The number of carbonyl (C=O) groups is 1. The summed E-state index contributed by atoms with van der Waals surface area (Å²) in [6, 6.07) is 10.6. The second kappa shape index (κ2) is 7.95. The van der Waals surface area contributed by atoms with Gasteiger partial charge in [0.05, 0.1) is 16.8 Å². The first-order valence-electron chi connectivity index (χ1n) is 9.81. The SMILES string of the molecule is CS(=O)(=O)c1ccc(/C(=C\C2CCCC2)c2cc3cc(NC(=O)O)cnc3[nH]2)cc1. The van der Waals surface area contributed by atoms with E-state index in [1.807, 2.05) is 18.2 Å². The molecule has 7 nitrogen and oxygen atoms in total. The van der Waals surface area contributed by atoms with Gasteiger partial charge in [0.15, 0.2) is 9.84 Å². The van der Waals surface area contributed by atoms with E-state index < -0.39 is 15.9 Å². The fourth-order valence-electron chi connectivity index (χ4n) is 3.94. The second-order valence-electron chi connectivity index (χ2n) is 7.70. The van der Waals surface area contributed by atoms with Crippen LogP contribution in [0.4, 0.5) is 10.5 Å². The summed E-state index contributed by atoms with van der Waals surface area (Å²) in [5, 5.41) is 12.0. The molecule has 0 radical (unpaired) electrons. The van der Waals surface area contributed by atoms with Crippen LogP contribution in [0.5, 0.6) is 0 Å². The average Bonchev–Trinajstić information content (AvgIpc) is 3.34. The molecular formula is C22H23N3O4S. The smallest absolute Gasteiger partial charge is 0.409 e. The Hall–Kier alpha value is -3.13. The lowest BCUT2D eigenvalue weighted by molar-refractivity contribution is 0.209. The summed E-state index contributed by atoms with van der Waals surface area (Å²) in [6.07, 6.45) is 8.47. The maximum Gasteiger partial charge on any atom is 0.409 e. The first kappa shape index (κ1) is 20.2. The number of allylic oxidation sites excluding steroid dienone is 1. The van der Waals surface area contributed by atoms with Crippen molar-refractivity contribution in [3.05, 3.63) is 59.9 Å². The maximum atomic E-state index is 11.8. The molecule has 0 spiro atoms. The van der Waals surface area contributed by atoms with Crippen LogP contribution in [0, 0.1) is 5.92 Å². The van der Waals surface area contributed by atoms with Gasteiger partial charge in [-0.3, -0.25) is 5.32 Å². The Balaban J connectivity index is 1.77. The minimum Gasteiger partial charge on any atom is -0.465 e. The first-order chi connectivity index (χ1) is 14.3. The zero-order chi connectivity index (χ0) is 21.3. The van der Waals surface area contributed by atoms with E-state index in [0.29, 0.717) is 17.3 Å². The minimum absolute atomic E-state index is 0.286. The highest BCUT2D eigenvalue weighted by Crippen LogP contribution is 2.33. The van der Waals surface area contributed by atoms with Crippen LogP contribution in [-0.4, -0.2) is 35.8 Å². The van der Waals surface area contributed by atoms with E-state index >= 15 is 0 Å². The van der Waals surface area contributed by atoms with Crippen molar-refractivity contribution in [2.45, 2.75) is 30.6 Å². The van der Waals surface area contributed by atoms with Crippen LogP contribution in [0.15, 0.2) is 53.6 Å². The summed E-state index contributed by atoms with van der Waals surface area (Å²) in [4.78, 5) is 18.8. The Morgan fingerprint density at radius 3 is 2.53 bits per heavy atom. The van der Waals surface area contributed by atoms with Crippen molar-refractivity contribution >= 4 is 38.2 Å². The third-order valence-corrected chi connectivity index (χ3v) is 6.54. The molecule has 0 saturated heterocycles. The number of fused-ring (bicyclic) bond motifs is 1. The van der Waals surface area contributed by atoms with Crippen molar-refractivity contribution in [2.75, 3.05) is 11.6 Å². The van der Waals surface area contributed by atoms with Gasteiger partial charge in [-0.05, 0) is 48.6 Å². The van der Waals surface area contributed by atoms with Crippen LogP contribution in [0.1, 0.15) is 36.9 Å². The molecule has 1 aliphatic carbocycles. The number of aromatic nitrogens is 2. The van der Waals surface area contributed by atoms with Gasteiger partial charge >= 0.3 is 6.09 Å². The van der Waals surface area contributed by atoms with Gasteiger partial charge in [-0.15, -0.1) is 0 Å². The standard InChI is InChI=1S/C22H23N3O4S/c1-30(28,29)18-8-6-15(7-9-18)19(10-14-4-2-3-5-14)20-12-16-11-17(24-22(26)27)13-23-21(16)25-20/h6-14,24H,2-5H2,1H3,(H,23,25)(H,26,27)/b19-10+. The number of hydrogen-bond donors (Lipinski definition) is 3. The molecule has 0 atom stereocenters. The third kappa shape index (κ3) is 4.38. The van der Waals surface area contributed by atoms with E-state index in [0.717, 1.165) is 35.1 Å². The van der Waals surface area contributed by atoms with Gasteiger partial charge in [0.25, 0.3) is 0 Å². The summed E-state index contributed by atoms with van der Waals surface area (Å²) in [6.45, 7) is 0. The molecule has 1 amide bonds. The summed E-state index contributed by atoms with van der Waals surface area (Å²) in [5.74, 6) is 0.471. The number of rotatable bonds is 5. The molecule has 4 rings (SSSR count). The Labute approximate surface area is 174 Å². The molecule has 0 bridgehead atoms. The molecule has 0 aliphatic heterocycles. The van der Waals surface area contributed by atoms with Gasteiger partial charge in [-0.2, -0.15) is 0 Å². The lowest BCUT2D eigenvalue weighted by Gasteiger charge is -2.11. The fraction of sp³-hybridized carbons (Fsp3) is 0.273. The number of hydrogen-bond acceptors (Lipinski definition) is 4. The zero-order valence-electron chi connectivity index (χ0n) is 16.6. The van der Waals surface area contributed by atoms with Crippen LogP contribution in [0.2, 0.25) is 0 Å². The van der Waals surface area contributed by atoms with E-state index in [4.69, 9.17) is 5.11 Å². The highest BCUT2D eigenvalue weighted by atomic mass is 32.2. The normalized spacial score (nSPS) is 15.6. The van der Waals surface area contributed by atoms with Gasteiger partial charge in [-0.1, -0.05) is 31.1 Å². The predicted molar refractivity (Wildman–Crippen MR) is 116 cm³/mol. The van der Waals surface area contributed by atoms with E-state index in [1.165, 1.54) is 25.3 Å². The number of sulfone groups is 1. The van der Waals surface area contributed by atoms with Gasteiger partial charge in [0, 0.05) is 22.9 Å². The van der Waals surface area contributed by atoms with Gasteiger partial charge < -0.3 is 10.1 Å². The van der Waals surface area contributed by atoms with Crippen molar-refractivity contribution in [3.8, 4) is 0 Å². The number of carboxylic acid groups (broad SMARTS) is 1. The Bertz CT molecular complexity index is 1220. The molecule has 1 aromatic carbocycles. The van der Waals surface area contributed by atoms with Crippen LogP contribution in [0.25, 0.3) is 16.6 Å². The summed E-state index contributed by atoms with van der Waals surface area (Å²) in [7, 11) is -3.26. The molecule has 0 unspecified atom stereocenters. The lowest BCUT2D eigenvalue weighted by atomic mass is 9.96. The molecule has 2 heterocycles. The topological polar surface area (TPSA) is 112 Å². The molecule has 1 saturated carbocycles. The Morgan fingerprint density at radius 2 is 1.90 bits per heavy atom. The van der Waals surface area contributed by atoms with Crippen molar-refractivity contribution in [2.24, 2.45) is 5.92 Å². The quantitative estimate of drug-likeness (QED) is 0.549. The molecule has 3 aromatic rings. The van der Waals surface area contributed by atoms with E-state index in [9.17, 15) is 13.2 Å². The number of amides is 1. The van der Waals surface area contributed by atoms with Gasteiger partial charge in [-0.25, -0.2) is 18.2 Å². The van der Waals surface area contributed by atoms with Crippen LogP contribution >= 0.6 is 0 Å². The van der Waals surface area contributed by atoms with E-state index in [-0.39, 0.29) is 4.90 Å². The van der Waals surface area contributed by atoms with E-state index in [2.05, 4.69) is 21.4 Å². The van der Waals surface area contributed by atoms with Crippen molar-refractivity contribution in [1.29, 1.82) is 0 Å². The predicted octanol–water partition coefficient (Wildman–Crippen LogP) is 4.68.